The summed E-state index contributed by atoms with van der Waals surface area (Å²) in [5.74, 6) is -0.945. The molecule has 0 unspecified atom stereocenters. The molecule has 0 radical (unpaired) electrons. The van der Waals surface area contributed by atoms with E-state index < -0.39 is 30.3 Å². The fourth-order valence-electron chi connectivity index (χ4n) is 3.35. The number of fused-ring (bicyclic) bond motifs is 1. The first-order valence-electron chi connectivity index (χ1n) is 9.86. The quantitative estimate of drug-likeness (QED) is 0.233. The lowest BCUT2D eigenvalue weighted by atomic mass is 9.88. The molecule has 1 heterocycles. The number of rotatable bonds is 4. The highest BCUT2D eigenvalue weighted by atomic mass is 79.9. The van der Waals surface area contributed by atoms with Gasteiger partial charge < -0.3 is 9.33 Å². The summed E-state index contributed by atoms with van der Waals surface area (Å²) in [5, 5.41) is -0.179. The first-order chi connectivity index (χ1) is 14.0. The number of nitrogens with zero attached hydrogens (tertiary/aromatic N) is 3. The van der Waals surface area contributed by atoms with Crippen LogP contribution in [0, 0.1) is 5.82 Å². The number of alkyl halides is 3. The zero-order valence-corrected chi connectivity index (χ0v) is 21.5. The Labute approximate surface area is 193 Å². The minimum atomic E-state index is -4.73. The van der Waals surface area contributed by atoms with Crippen molar-refractivity contribution in [3.8, 4) is 0 Å². The van der Waals surface area contributed by atoms with Crippen LogP contribution in [0.25, 0.3) is 10.9 Å². The summed E-state index contributed by atoms with van der Waals surface area (Å²) in [5.41, 5.74) is -1.37. The minimum Gasteiger partial charge on any atom is -0.414 e. The molecule has 1 aliphatic carbocycles. The largest absolute Gasteiger partial charge is 0.417 e. The number of hydrogen-bond acceptors (Lipinski definition) is 4. The van der Waals surface area contributed by atoms with Crippen molar-refractivity contribution in [1.82, 2.24) is 9.97 Å². The second kappa shape index (κ2) is 8.11. The molecule has 0 atom stereocenters. The van der Waals surface area contributed by atoms with Crippen molar-refractivity contribution >= 4 is 52.6 Å². The van der Waals surface area contributed by atoms with Gasteiger partial charge in [0.05, 0.1) is 10.0 Å². The summed E-state index contributed by atoms with van der Waals surface area (Å²) in [6.45, 7) is 10.9. The van der Waals surface area contributed by atoms with E-state index in [-0.39, 0.29) is 39.2 Å². The lowest BCUT2D eigenvalue weighted by Gasteiger charge is -2.47. The molecule has 0 bridgehead atoms. The van der Waals surface area contributed by atoms with Crippen LogP contribution in [0.15, 0.2) is 10.5 Å². The monoisotopic (exact) mass is 541 g/mol. The molecule has 11 heteroatoms. The van der Waals surface area contributed by atoms with E-state index in [0.717, 1.165) is 6.07 Å². The molecule has 2 aromatic rings. The van der Waals surface area contributed by atoms with Crippen molar-refractivity contribution in [2.45, 2.75) is 70.1 Å². The second-order valence-electron chi connectivity index (χ2n) is 9.50. The standard InChI is InChI=1S/C20H25BrClF4N3OSi/c1-19(2,3)31(5,6)30-11-7-10(8-11)29(4)17-12-9-13(20(24,25)26)14(21)15(23)16(12)27-18(22)28-17/h9-11H,7-8H2,1-6H3. The molecule has 31 heavy (non-hydrogen) atoms. The number of anilines is 1. The fraction of sp³-hybridized carbons (Fsp3) is 0.600. The van der Waals surface area contributed by atoms with E-state index in [2.05, 4.69) is 59.8 Å². The van der Waals surface area contributed by atoms with Gasteiger partial charge in [-0.1, -0.05) is 20.8 Å². The third-order valence-corrected chi connectivity index (χ3v) is 11.8. The van der Waals surface area contributed by atoms with Crippen LogP contribution in [-0.2, 0) is 10.6 Å². The van der Waals surface area contributed by atoms with Crippen LogP contribution in [-0.4, -0.2) is 37.5 Å². The molecule has 1 saturated carbocycles. The summed E-state index contributed by atoms with van der Waals surface area (Å²) >= 11 is 8.69. The van der Waals surface area contributed by atoms with Crippen molar-refractivity contribution in [1.29, 1.82) is 0 Å². The SMILES string of the molecule is CN(c1nc(Cl)nc2c(F)c(Br)c(C(F)(F)F)cc12)C1CC(O[Si](C)(C)C(C)(C)C)C1. The maximum absolute atomic E-state index is 14.7. The Hall–Kier alpha value is -0.973. The van der Waals surface area contributed by atoms with E-state index in [4.69, 9.17) is 16.0 Å². The van der Waals surface area contributed by atoms with Crippen molar-refractivity contribution in [2.24, 2.45) is 0 Å². The Bertz CT molecular complexity index is 1010. The average Bonchev–Trinajstić information content (AvgIpc) is 2.58. The topological polar surface area (TPSA) is 38.2 Å². The van der Waals surface area contributed by atoms with Gasteiger partial charge >= 0.3 is 6.18 Å². The lowest BCUT2D eigenvalue weighted by molar-refractivity contribution is -0.138. The first kappa shape index (κ1) is 24.7. The van der Waals surface area contributed by atoms with Gasteiger partial charge in [0.1, 0.15) is 11.3 Å². The van der Waals surface area contributed by atoms with Crippen molar-refractivity contribution in [2.75, 3.05) is 11.9 Å². The zero-order chi connectivity index (χ0) is 23.5. The molecule has 1 aliphatic rings. The Morgan fingerprint density at radius 1 is 1.19 bits per heavy atom. The Morgan fingerprint density at radius 2 is 1.77 bits per heavy atom. The zero-order valence-electron chi connectivity index (χ0n) is 18.2. The molecule has 172 valence electrons. The van der Waals surface area contributed by atoms with Crippen LogP contribution < -0.4 is 4.90 Å². The molecule has 1 aromatic carbocycles. The van der Waals surface area contributed by atoms with Crippen LogP contribution in [0.1, 0.15) is 39.2 Å². The molecular weight excluding hydrogens is 518 g/mol. The number of aromatic nitrogens is 2. The van der Waals surface area contributed by atoms with Crippen LogP contribution in [0.5, 0.6) is 0 Å². The lowest BCUT2D eigenvalue weighted by Crippen LogP contribution is -2.53. The second-order valence-corrected chi connectivity index (χ2v) is 15.4. The van der Waals surface area contributed by atoms with E-state index in [0.29, 0.717) is 12.8 Å². The molecule has 0 N–H and O–H groups in total. The summed E-state index contributed by atoms with van der Waals surface area (Å²) in [7, 11) is -0.201. The number of hydrogen-bond donors (Lipinski definition) is 0. The normalized spacial score (nSPS) is 20.1. The predicted molar refractivity (Wildman–Crippen MR) is 121 cm³/mol. The maximum Gasteiger partial charge on any atom is 0.417 e. The molecular formula is C20H25BrClF4N3OSi. The Balaban J connectivity index is 1.92. The third-order valence-electron chi connectivity index (χ3n) is 6.35. The van der Waals surface area contributed by atoms with Crippen LogP contribution in [0.4, 0.5) is 23.4 Å². The first-order valence-corrected chi connectivity index (χ1v) is 13.9. The van der Waals surface area contributed by atoms with Gasteiger partial charge in [0.2, 0.25) is 5.28 Å². The van der Waals surface area contributed by atoms with E-state index in [1.165, 1.54) is 0 Å². The van der Waals surface area contributed by atoms with Gasteiger partial charge in [0.25, 0.3) is 0 Å². The summed E-state index contributed by atoms with van der Waals surface area (Å²) in [6, 6.07) is 0.859. The average molecular weight is 543 g/mol. The third kappa shape index (κ3) is 4.72. The van der Waals surface area contributed by atoms with Crippen LogP contribution >= 0.6 is 27.5 Å². The van der Waals surface area contributed by atoms with Gasteiger partial charge in [-0.25, -0.2) is 9.37 Å². The van der Waals surface area contributed by atoms with E-state index >= 15 is 0 Å². The summed E-state index contributed by atoms with van der Waals surface area (Å²) in [4.78, 5) is 9.71. The fourth-order valence-corrected chi connectivity index (χ4v) is 5.42. The van der Waals surface area contributed by atoms with Gasteiger partial charge in [0, 0.05) is 24.6 Å². The van der Waals surface area contributed by atoms with Gasteiger partial charge in [-0.05, 0) is 64.6 Å². The molecule has 0 saturated heterocycles. The summed E-state index contributed by atoms with van der Waals surface area (Å²) < 4.78 is 60.7. The van der Waals surface area contributed by atoms with Crippen molar-refractivity contribution < 1.29 is 22.0 Å². The highest BCUT2D eigenvalue weighted by Crippen LogP contribution is 2.44. The molecule has 1 fully saturated rings. The van der Waals surface area contributed by atoms with Gasteiger partial charge in [-0.3, -0.25) is 0 Å². The van der Waals surface area contributed by atoms with E-state index in [1.54, 1.807) is 11.9 Å². The molecule has 1 aromatic heterocycles. The van der Waals surface area contributed by atoms with Gasteiger partial charge in [0.15, 0.2) is 14.1 Å². The van der Waals surface area contributed by atoms with E-state index in [9.17, 15) is 17.6 Å². The highest BCUT2D eigenvalue weighted by molar-refractivity contribution is 9.10. The van der Waals surface area contributed by atoms with Crippen LogP contribution in [0.3, 0.4) is 0 Å². The molecule has 0 amide bonds. The Morgan fingerprint density at radius 3 is 2.29 bits per heavy atom. The summed E-state index contributed by atoms with van der Waals surface area (Å²) in [6.07, 6.45) is -3.25. The smallest absolute Gasteiger partial charge is 0.414 e. The van der Waals surface area contributed by atoms with Crippen molar-refractivity contribution in [3.63, 3.8) is 0 Å². The Kier molecular flexibility index (Phi) is 6.45. The molecule has 4 nitrogen and oxygen atoms in total. The number of benzene rings is 1. The van der Waals surface area contributed by atoms with Gasteiger partial charge in [-0.2, -0.15) is 18.2 Å². The predicted octanol–water partition coefficient (Wildman–Crippen LogP) is 7.19. The highest BCUT2D eigenvalue weighted by Gasteiger charge is 2.44. The van der Waals surface area contributed by atoms with Gasteiger partial charge in [-0.15, -0.1) is 0 Å². The minimum absolute atomic E-state index is 0.00928. The molecule has 3 rings (SSSR count). The van der Waals surface area contributed by atoms with Crippen molar-refractivity contribution in [3.05, 3.63) is 27.2 Å². The molecule has 0 aliphatic heterocycles. The van der Waals surface area contributed by atoms with E-state index in [1.807, 2.05) is 0 Å². The maximum atomic E-state index is 14.7. The molecule has 0 spiro atoms. The van der Waals surface area contributed by atoms with Crippen LogP contribution in [0.2, 0.25) is 23.4 Å². The number of halogens is 6.